The molecule has 1 fully saturated rings. The van der Waals surface area contributed by atoms with Gasteiger partial charge in [-0.1, -0.05) is 26.2 Å². The molecule has 1 N–H and O–H groups in total. The van der Waals surface area contributed by atoms with Crippen LogP contribution in [-0.4, -0.2) is 23.9 Å². The fourth-order valence-corrected chi connectivity index (χ4v) is 1.26. The van der Waals surface area contributed by atoms with Crippen molar-refractivity contribution in [3.8, 4) is 0 Å². The lowest BCUT2D eigenvalue weighted by atomic mass is 10.1. The van der Waals surface area contributed by atoms with Gasteiger partial charge in [0, 0.05) is 6.42 Å². The third-order valence-corrected chi connectivity index (χ3v) is 2.08. The van der Waals surface area contributed by atoms with E-state index in [0.29, 0.717) is 6.10 Å². The van der Waals surface area contributed by atoms with Gasteiger partial charge < -0.3 is 9.84 Å². The normalized spacial score (nSPS) is 25.1. The van der Waals surface area contributed by atoms with Crippen LogP contribution in [0, 0.1) is 0 Å². The van der Waals surface area contributed by atoms with E-state index in [2.05, 4.69) is 6.92 Å². The van der Waals surface area contributed by atoms with Gasteiger partial charge in [-0.05, 0) is 6.42 Å². The van der Waals surface area contributed by atoms with Gasteiger partial charge in [0.1, 0.15) is 0 Å². The van der Waals surface area contributed by atoms with Crippen LogP contribution in [-0.2, 0) is 4.74 Å². The molecule has 66 valence electrons. The summed E-state index contributed by atoms with van der Waals surface area (Å²) in [4.78, 5) is 0. The number of aliphatic hydroxyl groups excluding tert-OH is 1. The van der Waals surface area contributed by atoms with E-state index >= 15 is 0 Å². The Morgan fingerprint density at radius 2 is 2.27 bits per heavy atom. The number of aliphatic hydroxyl groups is 1. The van der Waals surface area contributed by atoms with E-state index in [0.717, 1.165) is 25.9 Å². The fourth-order valence-electron chi connectivity index (χ4n) is 1.26. The molecule has 1 aliphatic rings. The van der Waals surface area contributed by atoms with Gasteiger partial charge in [-0.2, -0.15) is 0 Å². The third-order valence-electron chi connectivity index (χ3n) is 2.08. The minimum Gasteiger partial charge on any atom is -0.393 e. The summed E-state index contributed by atoms with van der Waals surface area (Å²) in [7, 11) is 0. The Labute approximate surface area is 68.6 Å². The van der Waals surface area contributed by atoms with Crippen molar-refractivity contribution >= 4 is 0 Å². The maximum absolute atomic E-state index is 9.41. The summed E-state index contributed by atoms with van der Waals surface area (Å²) in [6.07, 6.45) is 5.69. The Morgan fingerprint density at radius 3 is 2.82 bits per heavy atom. The molecular formula is C9H18O2. The zero-order valence-corrected chi connectivity index (χ0v) is 7.25. The molecule has 1 rings (SSSR count). The molecule has 1 saturated heterocycles. The molecule has 2 heteroatoms. The van der Waals surface area contributed by atoms with Crippen molar-refractivity contribution in [3.63, 3.8) is 0 Å². The van der Waals surface area contributed by atoms with E-state index in [1.807, 2.05) is 0 Å². The average molecular weight is 158 g/mol. The summed E-state index contributed by atoms with van der Waals surface area (Å²) >= 11 is 0. The molecule has 0 saturated carbocycles. The Balaban J connectivity index is 1.87. The Kier molecular flexibility index (Phi) is 3.87. The first-order valence-corrected chi connectivity index (χ1v) is 4.62. The minimum absolute atomic E-state index is 0.117. The molecule has 0 unspecified atom stereocenters. The molecule has 2 atom stereocenters. The Morgan fingerprint density at radius 1 is 1.55 bits per heavy atom. The highest BCUT2D eigenvalue weighted by Crippen LogP contribution is 2.18. The number of ether oxygens (including phenoxy) is 1. The summed E-state index contributed by atoms with van der Waals surface area (Å²) in [5.74, 6) is 0. The van der Waals surface area contributed by atoms with Gasteiger partial charge in [0.15, 0.2) is 0 Å². The SMILES string of the molecule is CCCCC[C@@H](O)C[C@@H]1CO1. The second kappa shape index (κ2) is 4.73. The zero-order chi connectivity index (χ0) is 8.10. The Bertz CT molecular complexity index is 99.7. The van der Waals surface area contributed by atoms with E-state index in [1.165, 1.54) is 12.8 Å². The molecule has 0 bridgehead atoms. The van der Waals surface area contributed by atoms with E-state index in [4.69, 9.17) is 4.74 Å². The Hall–Kier alpha value is -0.0800. The average Bonchev–Trinajstić information content (AvgIpc) is 2.72. The van der Waals surface area contributed by atoms with Crippen molar-refractivity contribution in [2.45, 2.75) is 51.2 Å². The van der Waals surface area contributed by atoms with Crippen LogP contribution in [0.15, 0.2) is 0 Å². The van der Waals surface area contributed by atoms with Crippen LogP contribution in [0.25, 0.3) is 0 Å². The van der Waals surface area contributed by atoms with Crippen LogP contribution in [0.3, 0.4) is 0 Å². The number of hydrogen-bond donors (Lipinski definition) is 1. The molecule has 0 aromatic carbocycles. The predicted octanol–water partition coefficient (Wildman–Crippen LogP) is 1.72. The summed E-state index contributed by atoms with van der Waals surface area (Å²) in [5.41, 5.74) is 0. The monoisotopic (exact) mass is 158 g/mol. The highest BCUT2D eigenvalue weighted by molar-refractivity contribution is 4.73. The molecule has 11 heavy (non-hydrogen) atoms. The molecule has 0 spiro atoms. The van der Waals surface area contributed by atoms with Crippen LogP contribution in [0.1, 0.15) is 39.0 Å². The standard InChI is InChI=1S/C9H18O2/c1-2-3-4-5-8(10)6-9-7-11-9/h8-10H,2-7H2,1H3/t8-,9-/m1/s1. The smallest absolute Gasteiger partial charge is 0.0834 e. The number of unbranched alkanes of at least 4 members (excludes halogenated alkanes) is 2. The second-order valence-corrected chi connectivity index (χ2v) is 3.34. The lowest BCUT2D eigenvalue weighted by Crippen LogP contribution is -2.09. The van der Waals surface area contributed by atoms with Crippen molar-refractivity contribution in [2.24, 2.45) is 0 Å². The van der Waals surface area contributed by atoms with Crippen molar-refractivity contribution in [3.05, 3.63) is 0 Å². The first-order chi connectivity index (χ1) is 5.33. The van der Waals surface area contributed by atoms with Crippen LogP contribution >= 0.6 is 0 Å². The summed E-state index contributed by atoms with van der Waals surface area (Å²) in [6.45, 7) is 3.04. The first kappa shape index (κ1) is 9.01. The molecule has 0 amide bonds. The van der Waals surface area contributed by atoms with Crippen molar-refractivity contribution < 1.29 is 9.84 Å². The first-order valence-electron chi connectivity index (χ1n) is 4.62. The van der Waals surface area contributed by atoms with Crippen molar-refractivity contribution in [2.75, 3.05) is 6.61 Å². The third kappa shape index (κ3) is 4.38. The van der Waals surface area contributed by atoms with Crippen LogP contribution in [0.2, 0.25) is 0 Å². The molecular weight excluding hydrogens is 140 g/mol. The topological polar surface area (TPSA) is 32.8 Å². The van der Waals surface area contributed by atoms with Gasteiger partial charge in [0.2, 0.25) is 0 Å². The molecule has 2 nitrogen and oxygen atoms in total. The van der Waals surface area contributed by atoms with Crippen molar-refractivity contribution in [1.82, 2.24) is 0 Å². The lowest BCUT2D eigenvalue weighted by Gasteiger charge is -2.06. The van der Waals surface area contributed by atoms with E-state index in [1.54, 1.807) is 0 Å². The van der Waals surface area contributed by atoms with Crippen LogP contribution < -0.4 is 0 Å². The van der Waals surface area contributed by atoms with Crippen molar-refractivity contribution in [1.29, 1.82) is 0 Å². The van der Waals surface area contributed by atoms with Gasteiger partial charge in [-0.3, -0.25) is 0 Å². The maximum Gasteiger partial charge on any atom is 0.0834 e. The highest BCUT2D eigenvalue weighted by atomic mass is 16.6. The molecule has 0 aliphatic carbocycles. The van der Waals surface area contributed by atoms with Crippen LogP contribution in [0.4, 0.5) is 0 Å². The second-order valence-electron chi connectivity index (χ2n) is 3.34. The molecule has 0 aromatic rings. The fraction of sp³-hybridized carbons (Fsp3) is 1.00. The largest absolute Gasteiger partial charge is 0.393 e. The van der Waals surface area contributed by atoms with E-state index in [-0.39, 0.29) is 6.10 Å². The predicted molar refractivity (Wildman–Crippen MR) is 44.5 cm³/mol. The summed E-state index contributed by atoms with van der Waals surface area (Å²) in [6, 6.07) is 0. The summed E-state index contributed by atoms with van der Waals surface area (Å²) < 4.78 is 5.03. The summed E-state index contributed by atoms with van der Waals surface area (Å²) in [5, 5.41) is 9.41. The number of hydrogen-bond acceptors (Lipinski definition) is 2. The minimum atomic E-state index is -0.117. The number of rotatable bonds is 6. The molecule has 1 aliphatic heterocycles. The number of epoxide rings is 1. The quantitative estimate of drug-likeness (QED) is 0.471. The lowest BCUT2D eigenvalue weighted by molar-refractivity contribution is 0.139. The maximum atomic E-state index is 9.41. The van der Waals surface area contributed by atoms with E-state index < -0.39 is 0 Å². The molecule has 0 radical (unpaired) electrons. The van der Waals surface area contributed by atoms with Gasteiger partial charge in [0.25, 0.3) is 0 Å². The van der Waals surface area contributed by atoms with Gasteiger partial charge in [-0.15, -0.1) is 0 Å². The van der Waals surface area contributed by atoms with Gasteiger partial charge >= 0.3 is 0 Å². The van der Waals surface area contributed by atoms with E-state index in [9.17, 15) is 5.11 Å². The highest BCUT2D eigenvalue weighted by Gasteiger charge is 2.25. The molecule has 0 aromatic heterocycles. The molecule has 1 heterocycles. The zero-order valence-electron chi connectivity index (χ0n) is 7.25. The van der Waals surface area contributed by atoms with Crippen LogP contribution in [0.5, 0.6) is 0 Å². The van der Waals surface area contributed by atoms with Gasteiger partial charge in [0.05, 0.1) is 18.8 Å². The van der Waals surface area contributed by atoms with Gasteiger partial charge in [-0.25, -0.2) is 0 Å².